The number of nitrogens with zero attached hydrogens (tertiary/aromatic N) is 2. The van der Waals surface area contributed by atoms with Crippen molar-refractivity contribution in [2.45, 2.75) is 0 Å². The Morgan fingerprint density at radius 3 is 2.55 bits per heavy atom. The zero-order valence-corrected chi connectivity index (χ0v) is 14.0. The van der Waals surface area contributed by atoms with Gasteiger partial charge in [0, 0.05) is 24.3 Å². The molecule has 0 bridgehead atoms. The number of urea groups is 1. The molecule has 2 rings (SSSR count). The van der Waals surface area contributed by atoms with E-state index in [9.17, 15) is 4.79 Å². The number of nitrogens with one attached hydrogen (secondary N) is 2. The molecule has 0 spiro atoms. The minimum Gasteiger partial charge on any atom is -0.377 e. The molecule has 2 aromatic carbocycles. The molecule has 5 nitrogen and oxygen atoms in total. The predicted molar refractivity (Wildman–Crippen MR) is 94.7 cm³/mol. The number of para-hydroxylation sites is 1. The van der Waals surface area contributed by atoms with Gasteiger partial charge in [-0.15, -0.1) is 0 Å². The lowest BCUT2D eigenvalue weighted by Gasteiger charge is -2.14. The fourth-order valence-electron chi connectivity index (χ4n) is 1.81. The van der Waals surface area contributed by atoms with Crippen molar-refractivity contribution in [1.82, 2.24) is 5.43 Å². The summed E-state index contributed by atoms with van der Waals surface area (Å²) >= 11 is 3.51. The van der Waals surface area contributed by atoms with Crippen LogP contribution in [0.25, 0.3) is 0 Å². The molecule has 0 radical (unpaired) electrons. The van der Waals surface area contributed by atoms with E-state index >= 15 is 0 Å². The maximum absolute atomic E-state index is 11.7. The molecule has 2 amide bonds. The smallest absolute Gasteiger partial charge is 0.339 e. The number of anilines is 2. The molecular formula is C16H17BrN4O. The van der Waals surface area contributed by atoms with Gasteiger partial charge in [0.2, 0.25) is 0 Å². The number of carbonyl (C=O) groups excluding carboxylic acids is 1. The number of hydrogen-bond acceptors (Lipinski definition) is 3. The molecule has 0 fully saturated rings. The molecule has 0 saturated heterocycles. The molecule has 114 valence electrons. The van der Waals surface area contributed by atoms with Crippen LogP contribution in [-0.2, 0) is 0 Å². The molecule has 0 unspecified atom stereocenters. The molecule has 0 heterocycles. The largest absolute Gasteiger partial charge is 0.377 e. The number of hydrogen-bond donors (Lipinski definition) is 2. The normalized spacial score (nSPS) is 10.5. The van der Waals surface area contributed by atoms with Crippen molar-refractivity contribution in [3.63, 3.8) is 0 Å². The van der Waals surface area contributed by atoms with E-state index in [1.54, 1.807) is 18.3 Å². The molecule has 0 aliphatic heterocycles. The van der Waals surface area contributed by atoms with E-state index in [-0.39, 0.29) is 6.03 Å². The maximum atomic E-state index is 11.7. The van der Waals surface area contributed by atoms with Crippen LogP contribution in [-0.4, -0.2) is 26.3 Å². The lowest BCUT2D eigenvalue weighted by atomic mass is 10.2. The van der Waals surface area contributed by atoms with E-state index < -0.39 is 0 Å². The van der Waals surface area contributed by atoms with E-state index in [2.05, 4.69) is 31.8 Å². The number of hydrazone groups is 1. The summed E-state index contributed by atoms with van der Waals surface area (Å²) in [5.74, 6) is 0. The third-order valence-electron chi connectivity index (χ3n) is 2.86. The van der Waals surface area contributed by atoms with E-state index in [0.29, 0.717) is 5.69 Å². The SMILES string of the molecule is CN(C)c1ccc(/C=N\NC(=O)Nc2ccccc2)cc1Br. The average molecular weight is 361 g/mol. The minimum atomic E-state index is -0.383. The third-order valence-corrected chi connectivity index (χ3v) is 3.50. The molecule has 0 aliphatic rings. The maximum Gasteiger partial charge on any atom is 0.339 e. The van der Waals surface area contributed by atoms with Crippen molar-refractivity contribution in [2.24, 2.45) is 5.10 Å². The quantitative estimate of drug-likeness (QED) is 0.645. The summed E-state index contributed by atoms with van der Waals surface area (Å²) in [7, 11) is 3.95. The molecular weight excluding hydrogens is 344 g/mol. The van der Waals surface area contributed by atoms with Gasteiger partial charge in [0.15, 0.2) is 0 Å². The highest BCUT2D eigenvalue weighted by Gasteiger charge is 2.02. The van der Waals surface area contributed by atoms with Crippen LogP contribution < -0.4 is 15.6 Å². The van der Waals surface area contributed by atoms with E-state index in [1.807, 2.05) is 55.4 Å². The fourth-order valence-corrected chi connectivity index (χ4v) is 2.56. The first-order valence-corrected chi connectivity index (χ1v) is 7.47. The van der Waals surface area contributed by atoms with Crippen molar-refractivity contribution in [2.75, 3.05) is 24.3 Å². The lowest BCUT2D eigenvalue weighted by molar-refractivity contribution is 0.252. The number of carbonyl (C=O) groups is 1. The van der Waals surface area contributed by atoms with Crippen molar-refractivity contribution in [3.05, 3.63) is 58.6 Å². The van der Waals surface area contributed by atoms with Gasteiger partial charge in [-0.25, -0.2) is 10.2 Å². The molecule has 0 aliphatic carbocycles. The molecule has 2 N–H and O–H groups in total. The third kappa shape index (κ3) is 4.60. The number of amides is 2. The summed E-state index contributed by atoms with van der Waals surface area (Å²) in [6.07, 6.45) is 1.59. The standard InChI is InChI=1S/C16H17BrN4O/c1-21(2)15-9-8-12(10-14(15)17)11-18-20-16(22)19-13-6-4-3-5-7-13/h3-11H,1-2H3,(H2,19,20,22)/b18-11-. The van der Waals surface area contributed by atoms with Crippen LogP contribution in [0.2, 0.25) is 0 Å². The van der Waals surface area contributed by atoms with Gasteiger partial charge in [-0.1, -0.05) is 24.3 Å². The number of rotatable bonds is 4. The van der Waals surface area contributed by atoms with Gasteiger partial charge in [0.25, 0.3) is 0 Å². The van der Waals surface area contributed by atoms with Crippen LogP contribution in [0.4, 0.5) is 16.2 Å². The van der Waals surface area contributed by atoms with Crippen molar-refractivity contribution in [3.8, 4) is 0 Å². The van der Waals surface area contributed by atoms with Gasteiger partial charge < -0.3 is 10.2 Å². The molecule has 2 aromatic rings. The van der Waals surface area contributed by atoms with Gasteiger partial charge in [0.05, 0.1) is 11.9 Å². The van der Waals surface area contributed by atoms with E-state index in [0.717, 1.165) is 15.7 Å². The van der Waals surface area contributed by atoms with Crippen molar-refractivity contribution in [1.29, 1.82) is 0 Å². The molecule has 0 atom stereocenters. The van der Waals surface area contributed by atoms with Gasteiger partial charge in [-0.3, -0.25) is 0 Å². The number of halogens is 1. The van der Waals surface area contributed by atoms with Crippen LogP contribution >= 0.6 is 15.9 Å². The Morgan fingerprint density at radius 2 is 1.91 bits per heavy atom. The number of benzene rings is 2. The summed E-state index contributed by atoms with van der Waals surface area (Å²) in [5.41, 5.74) is 5.11. The average Bonchev–Trinajstić information content (AvgIpc) is 2.48. The van der Waals surface area contributed by atoms with Crippen molar-refractivity contribution >= 4 is 39.6 Å². The highest BCUT2D eigenvalue weighted by atomic mass is 79.9. The monoisotopic (exact) mass is 360 g/mol. The first kappa shape index (κ1) is 16.0. The Balaban J connectivity index is 1.92. The van der Waals surface area contributed by atoms with Crippen LogP contribution in [0.5, 0.6) is 0 Å². The fraction of sp³-hybridized carbons (Fsp3) is 0.125. The Hall–Kier alpha value is -2.34. The summed E-state index contributed by atoms with van der Waals surface area (Å²) in [6, 6.07) is 14.7. The second-order valence-electron chi connectivity index (χ2n) is 4.80. The second kappa shape index (κ2) is 7.61. The Morgan fingerprint density at radius 1 is 1.18 bits per heavy atom. The van der Waals surface area contributed by atoms with Gasteiger partial charge >= 0.3 is 6.03 Å². The van der Waals surface area contributed by atoms with E-state index in [1.165, 1.54) is 0 Å². The Labute approximate surface area is 138 Å². The molecule has 0 aromatic heterocycles. The topological polar surface area (TPSA) is 56.7 Å². The summed E-state index contributed by atoms with van der Waals surface area (Å²) < 4.78 is 0.968. The van der Waals surface area contributed by atoms with Crippen LogP contribution in [0.15, 0.2) is 58.1 Å². The molecule has 22 heavy (non-hydrogen) atoms. The molecule has 0 saturated carbocycles. The zero-order valence-electron chi connectivity index (χ0n) is 12.4. The Kier molecular flexibility index (Phi) is 5.55. The summed E-state index contributed by atoms with van der Waals surface area (Å²) in [5, 5.41) is 6.62. The second-order valence-corrected chi connectivity index (χ2v) is 5.65. The van der Waals surface area contributed by atoms with Crippen molar-refractivity contribution < 1.29 is 4.79 Å². The van der Waals surface area contributed by atoms with Gasteiger partial charge in [-0.2, -0.15) is 5.10 Å². The van der Waals surface area contributed by atoms with Gasteiger partial charge in [-0.05, 0) is 45.8 Å². The van der Waals surface area contributed by atoms with Crippen LogP contribution in [0.3, 0.4) is 0 Å². The van der Waals surface area contributed by atoms with Crippen LogP contribution in [0.1, 0.15) is 5.56 Å². The highest BCUT2D eigenvalue weighted by Crippen LogP contribution is 2.25. The van der Waals surface area contributed by atoms with E-state index in [4.69, 9.17) is 0 Å². The van der Waals surface area contributed by atoms with Gasteiger partial charge in [0.1, 0.15) is 0 Å². The first-order valence-electron chi connectivity index (χ1n) is 6.68. The summed E-state index contributed by atoms with van der Waals surface area (Å²) in [4.78, 5) is 13.7. The zero-order chi connectivity index (χ0) is 15.9. The highest BCUT2D eigenvalue weighted by molar-refractivity contribution is 9.10. The molecule has 6 heteroatoms. The minimum absolute atomic E-state index is 0.383. The summed E-state index contributed by atoms with van der Waals surface area (Å²) in [6.45, 7) is 0. The Bertz CT molecular complexity index is 671. The first-order chi connectivity index (χ1) is 10.6. The lowest BCUT2D eigenvalue weighted by Crippen LogP contribution is -2.24. The van der Waals surface area contributed by atoms with Crippen LogP contribution in [0, 0.1) is 0 Å². The predicted octanol–water partition coefficient (Wildman–Crippen LogP) is 3.67.